The largest absolute Gasteiger partial charge is 0.375 e. The van der Waals surface area contributed by atoms with Gasteiger partial charge in [-0.25, -0.2) is 0 Å². The van der Waals surface area contributed by atoms with Crippen molar-refractivity contribution in [1.29, 1.82) is 0 Å². The third-order valence-electron chi connectivity index (χ3n) is 7.25. The summed E-state index contributed by atoms with van der Waals surface area (Å²) < 4.78 is 2.07. The van der Waals surface area contributed by atoms with E-state index in [1.54, 1.807) is 0 Å². The molecule has 2 N–H and O–H groups in total. The second-order valence-electron chi connectivity index (χ2n) is 10.3. The number of hydrogen-bond donors (Lipinski definition) is 2. The number of amides is 2. The van der Waals surface area contributed by atoms with Crippen molar-refractivity contribution in [2.24, 2.45) is 0 Å². The molecule has 2 fully saturated rings. The summed E-state index contributed by atoms with van der Waals surface area (Å²) in [5.41, 5.74) is 3.58. The van der Waals surface area contributed by atoms with Crippen LogP contribution in [0.5, 0.6) is 0 Å². The zero-order chi connectivity index (χ0) is 26.0. The standard InChI is InChI=1S/C28H39ClN4O3/c1-5-8-12-31(11-6-2)28(36)25-22-14-20(29)13-18(4)26(22)33(27(25)19-9-10-19)17-23(34)30-21-15-32(16-21)24(35)7-3/h7,13-14,19,21,24,35H,3,5-6,8-12,15-17H2,1-2,4H3,(H,30,34). The number of aliphatic hydroxyl groups excluding tert-OH is 1. The Morgan fingerprint density at radius 2 is 1.97 bits per heavy atom. The van der Waals surface area contributed by atoms with Gasteiger partial charge < -0.3 is 19.9 Å². The lowest BCUT2D eigenvalue weighted by Gasteiger charge is -2.41. The van der Waals surface area contributed by atoms with Gasteiger partial charge in [0.15, 0.2) is 0 Å². The predicted octanol–water partition coefficient (Wildman–Crippen LogP) is 4.44. The molecule has 2 amide bonds. The highest BCUT2D eigenvalue weighted by atomic mass is 35.5. The molecule has 0 bridgehead atoms. The zero-order valence-electron chi connectivity index (χ0n) is 21.7. The van der Waals surface area contributed by atoms with E-state index in [1.807, 2.05) is 28.9 Å². The summed E-state index contributed by atoms with van der Waals surface area (Å²) in [5, 5.41) is 14.4. The van der Waals surface area contributed by atoms with Crippen molar-refractivity contribution in [2.45, 2.75) is 77.6 Å². The molecule has 1 aromatic carbocycles. The van der Waals surface area contributed by atoms with Crippen molar-refractivity contribution in [3.05, 3.63) is 46.6 Å². The van der Waals surface area contributed by atoms with Crippen LogP contribution in [0.25, 0.3) is 10.9 Å². The molecule has 8 heteroatoms. The van der Waals surface area contributed by atoms with Crippen LogP contribution in [0.4, 0.5) is 0 Å². The average Bonchev–Trinajstić information content (AvgIpc) is 3.60. The molecule has 1 aromatic heterocycles. The van der Waals surface area contributed by atoms with Gasteiger partial charge in [0.2, 0.25) is 5.91 Å². The molecule has 1 aliphatic carbocycles. The molecule has 7 nitrogen and oxygen atoms in total. The van der Waals surface area contributed by atoms with Gasteiger partial charge in [-0.2, -0.15) is 0 Å². The van der Waals surface area contributed by atoms with Crippen molar-refractivity contribution < 1.29 is 14.7 Å². The Morgan fingerprint density at radius 1 is 1.25 bits per heavy atom. The summed E-state index contributed by atoms with van der Waals surface area (Å²) in [6.45, 7) is 12.6. The van der Waals surface area contributed by atoms with E-state index in [2.05, 4.69) is 30.3 Å². The van der Waals surface area contributed by atoms with Crippen LogP contribution < -0.4 is 5.32 Å². The summed E-state index contributed by atoms with van der Waals surface area (Å²) in [7, 11) is 0. The Kier molecular flexibility index (Phi) is 8.43. The third-order valence-corrected chi connectivity index (χ3v) is 7.47. The van der Waals surface area contributed by atoms with Gasteiger partial charge in [-0.05, 0) is 56.4 Å². The normalized spacial score (nSPS) is 17.1. The monoisotopic (exact) mass is 514 g/mol. The van der Waals surface area contributed by atoms with Crippen LogP contribution in [0.2, 0.25) is 5.02 Å². The second-order valence-corrected chi connectivity index (χ2v) is 10.7. The van der Waals surface area contributed by atoms with Gasteiger partial charge in [-0.15, -0.1) is 0 Å². The van der Waals surface area contributed by atoms with E-state index in [1.165, 1.54) is 6.08 Å². The smallest absolute Gasteiger partial charge is 0.256 e. The molecular weight excluding hydrogens is 476 g/mol. The Balaban J connectivity index is 1.69. The first-order valence-corrected chi connectivity index (χ1v) is 13.6. The highest BCUT2D eigenvalue weighted by Crippen LogP contribution is 2.46. The fraction of sp³-hybridized carbons (Fsp3) is 0.571. The van der Waals surface area contributed by atoms with Crippen LogP contribution in [0, 0.1) is 6.92 Å². The number of halogens is 1. The van der Waals surface area contributed by atoms with Crippen LogP contribution >= 0.6 is 11.6 Å². The number of aliphatic hydroxyl groups is 1. The average molecular weight is 515 g/mol. The minimum Gasteiger partial charge on any atom is -0.375 e. The van der Waals surface area contributed by atoms with E-state index in [-0.39, 0.29) is 30.3 Å². The van der Waals surface area contributed by atoms with Crippen molar-refractivity contribution in [2.75, 3.05) is 26.2 Å². The lowest BCUT2D eigenvalue weighted by atomic mass is 10.0. The molecule has 36 heavy (non-hydrogen) atoms. The molecule has 2 heterocycles. The van der Waals surface area contributed by atoms with Crippen LogP contribution in [0.3, 0.4) is 0 Å². The third kappa shape index (κ3) is 5.48. The fourth-order valence-corrected chi connectivity index (χ4v) is 5.60. The highest BCUT2D eigenvalue weighted by molar-refractivity contribution is 6.31. The summed E-state index contributed by atoms with van der Waals surface area (Å²) in [6, 6.07) is 3.79. The maximum atomic E-state index is 14.0. The summed E-state index contributed by atoms with van der Waals surface area (Å²) in [5.74, 6) is 0.237. The number of benzene rings is 1. The molecular formula is C28H39ClN4O3. The van der Waals surface area contributed by atoms with E-state index in [9.17, 15) is 14.7 Å². The van der Waals surface area contributed by atoms with Crippen molar-refractivity contribution in [3.8, 4) is 0 Å². The number of likely N-dealkylation sites (tertiary alicyclic amines) is 1. The Morgan fingerprint density at radius 3 is 2.58 bits per heavy atom. The summed E-state index contributed by atoms with van der Waals surface area (Å²) in [6.07, 6.45) is 5.72. The van der Waals surface area contributed by atoms with E-state index in [0.717, 1.165) is 66.4 Å². The number of rotatable bonds is 12. The SMILES string of the molecule is C=CC(O)N1CC(NC(=O)Cn2c(C3CC3)c(C(=O)N(CCC)CCCC)c3cc(Cl)cc(C)c32)C1. The van der Waals surface area contributed by atoms with E-state index in [4.69, 9.17) is 11.6 Å². The van der Waals surface area contributed by atoms with Gasteiger partial charge in [0, 0.05) is 48.2 Å². The van der Waals surface area contributed by atoms with Gasteiger partial charge in [-0.1, -0.05) is 38.4 Å². The number of unbranched alkanes of at least 4 members (excludes halogenated alkanes) is 1. The number of hydrogen-bond acceptors (Lipinski definition) is 4. The lowest BCUT2D eigenvalue weighted by Crippen LogP contribution is -2.62. The van der Waals surface area contributed by atoms with Gasteiger partial charge in [-0.3, -0.25) is 14.5 Å². The Labute approximate surface area is 219 Å². The molecule has 1 saturated heterocycles. The molecule has 1 atom stereocenters. The Hall–Kier alpha value is -2.35. The van der Waals surface area contributed by atoms with E-state index in [0.29, 0.717) is 24.7 Å². The van der Waals surface area contributed by atoms with Crippen LogP contribution in [-0.4, -0.2) is 69.7 Å². The van der Waals surface area contributed by atoms with Gasteiger partial charge >= 0.3 is 0 Å². The quantitative estimate of drug-likeness (QED) is 0.410. The first-order valence-electron chi connectivity index (χ1n) is 13.2. The highest BCUT2D eigenvalue weighted by Gasteiger charge is 2.37. The van der Waals surface area contributed by atoms with Crippen LogP contribution in [0.15, 0.2) is 24.8 Å². The van der Waals surface area contributed by atoms with E-state index < -0.39 is 6.23 Å². The topological polar surface area (TPSA) is 77.8 Å². The van der Waals surface area contributed by atoms with Crippen molar-refractivity contribution in [3.63, 3.8) is 0 Å². The lowest BCUT2D eigenvalue weighted by molar-refractivity contribution is -0.124. The molecule has 196 valence electrons. The van der Waals surface area contributed by atoms with Crippen molar-refractivity contribution >= 4 is 34.3 Å². The molecule has 1 aliphatic heterocycles. The fourth-order valence-electron chi connectivity index (χ4n) is 5.33. The first-order chi connectivity index (χ1) is 17.3. The van der Waals surface area contributed by atoms with Gasteiger partial charge in [0.1, 0.15) is 12.8 Å². The maximum Gasteiger partial charge on any atom is 0.256 e. The second kappa shape index (κ2) is 11.4. The van der Waals surface area contributed by atoms with Crippen LogP contribution in [-0.2, 0) is 11.3 Å². The maximum absolute atomic E-state index is 14.0. The number of carbonyl (C=O) groups excluding carboxylic acids is 2. The number of nitrogens with zero attached hydrogens (tertiary/aromatic N) is 3. The van der Waals surface area contributed by atoms with E-state index >= 15 is 0 Å². The zero-order valence-corrected chi connectivity index (χ0v) is 22.5. The first kappa shape index (κ1) is 26.7. The molecule has 2 aromatic rings. The molecule has 1 unspecified atom stereocenters. The molecule has 4 rings (SSSR count). The summed E-state index contributed by atoms with van der Waals surface area (Å²) >= 11 is 6.49. The number of nitrogens with one attached hydrogen (secondary N) is 1. The number of aromatic nitrogens is 1. The number of fused-ring (bicyclic) bond motifs is 1. The van der Waals surface area contributed by atoms with Gasteiger partial charge in [0.05, 0.1) is 17.1 Å². The van der Waals surface area contributed by atoms with Gasteiger partial charge in [0.25, 0.3) is 5.91 Å². The van der Waals surface area contributed by atoms with Crippen LogP contribution in [0.1, 0.15) is 73.5 Å². The molecule has 0 spiro atoms. The molecule has 0 radical (unpaired) electrons. The van der Waals surface area contributed by atoms with Crippen molar-refractivity contribution in [1.82, 2.24) is 19.7 Å². The minimum absolute atomic E-state index is 0.0102. The molecule has 1 saturated carbocycles. The minimum atomic E-state index is -0.687. The number of aryl methyl sites for hydroxylation is 1. The molecule has 2 aliphatic rings. The summed E-state index contributed by atoms with van der Waals surface area (Å²) in [4.78, 5) is 31.0. The Bertz CT molecular complexity index is 1130. The number of carbonyl (C=O) groups is 2. The predicted molar refractivity (Wildman–Crippen MR) is 144 cm³/mol.